The Balaban J connectivity index is 2.00. The van der Waals surface area contributed by atoms with E-state index in [-0.39, 0.29) is 34.1 Å². The molecule has 8 heteroatoms. The third kappa shape index (κ3) is 3.82. The van der Waals surface area contributed by atoms with E-state index >= 15 is 0 Å². The summed E-state index contributed by atoms with van der Waals surface area (Å²) in [5.74, 6) is -0.340. The molecule has 1 aliphatic carbocycles. The van der Waals surface area contributed by atoms with Crippen LogP contribution in [-0.4, -0.2) is 26.9 Å². The molecule has 104 valence electrons. The molecular formula is C11H14ClN3O3S. The van der Waals surface area contributed by atoms with E-state index < -0.39 is 10.0 Å². The number of nitrogens with one attached hydrogen (secondary N) is 2. The predicted octanol–water partition coefficient (Wildman–Crippen LogP) is 0.479. The molecule has 0 atom stereocenters. The molecule has 0 spiro atoms. The number of hydrogen-bond acceptors (Lipinski definition) is 4. The molecule has 0 unspecified atom stereocenters. The zero-order chi connectivity index (χ0) is 14.0. The standard InChI is InChI=1S/C11H14ClN3O3S/c12-9-4-3-8(5-10(9)13)19(17,18)14-6-11(16)15-7-1-2-7/h3-5,7,14H,1-2,6,13H2,(H,15,16). The fraction of sp³-hybridized carbons (Fsp3) is 0.364. The molecule has 4 N–H and O–H groups in total. The Kier molecular flexibility index (Phi) is 3.98. The smallest absolute Gasteiger partial charge is 0.241 e. The number of anilines is 1. The molecule has 1 saturated carbocycles. The van der Waals surface area contributed by atoms with E-state index in [9.17, 15) is 13.2 Å². The first kappa shape index (κ1) is 14.1. The normalized spacial score (nSPS) is 15.2. The van der Waals surface area contributed by atoms with E-state index in [1.165, 1.54) is 18.2 Å². The van der Waals surface area contributed by atoms with Crippen LogP contribution in [0.5, 0.6) is 0 Å². The summed E-state index contributed by atoms with van der Waals surface area (Å²) in [6.07, 6.45) is 1.90. The minimum absolute atomic E-state index is 0.0198. The average Bonchev–Trinajstić information content (AvgIpc) is 3.14. The Morgan fingerprint density at radius 3 is 2.68 bits per heavy atom. The van der Waals surface area contributed by atoms with Gasteiger partial charge in [-0.2, -0.15) is 0 Å². The van der Waals surface area contributed by atoms with Gasteiger partial charge in [0.1, 0.15) is 0 Å². The van der Waals surface area contributed by atoms with Crippen molar-refractivity contribution < 1.29 is 13.2 Å². The molecular weight excluding hydrogens is 290 g/mol. The maximum absolute atomic E-state index is 11.9. The van der Waals surface area contributed by atoms with Crippen molar-refractivity contribution in [1.29, 1.82) is 0 Å². The highest BCUT2D eigenvalue weighted by atomic mass is 35.5. The Morgan fingerprint density at radius 2 is 2.11 bits per heavy atom. The van der Waals surface area contributed by atoms with E-state index in [0.717, 1.165) is 12.8 Å². The van der Waals surface area contributed by atoms with Crippen molar-refractivity contribution in [3.63, 3.8) is 0 Å². The lowest BCUT2D eigenvalue weighted by Gasteiger charge is -2.08. The fourth-order valence-corrected chi connectivity index (χ4v) is 2.57. The molecule has 0 heterocycles. The molecule has 0 aromatic heterocycles. The number of carbonyl (C=O) groups is 1. The van der Waals surface area contributed by atoms with E-state index in [1.807, 2.05) is 0 Å². The summed E-state index contributed by atoms with van der Waals surface area (Å²) < 4.78 is 26.0. The van der Waals surface area contributed by atoms with Crippen LogP contribution in [0.25, 0.3) is 0 Å². The quantitative estimate of drug-likeness (QED) is 0.689. The highest BCUT2D eigenvalue weighted by Crippen LogP contribution is 2.22. The average molecular weight is 304 g/mol. The summed E-state index contributed by atoms with van der Waals surface area (Å²) in [5.41, 5.74) is 5.72. The van der Waals surface area contributed by atoms with Gasteiger partial charge in [0.05, 0.1) is 22.2 Å². The number of carbonyl (C=O) groups excluding carboxylic acids is 1. The molecule has 1 aromatic carbocycles. The number of nitrogens with two attached hydrogens (primary N) is 1. The lowest BCUT2D eigenvalue weighted by atomic mass is 10.3. The highest BCUT2D eigenvalue weighted by molar-refractivity contribution is 7.89. The third-order valence-corrected chi connectivity index (χ3v) is 4.39. The van der Waals surface area contributed by atoms with Crippen molar-refractivity contribution in [3.05, 3.63) is 23.2 Å². The molecule has 1 amide bonds. The first-order valence-corrected chi connectivity index (χ1v) is 7.58. The number of nitrogen functional groups attached to an aromatic ring is 1. The topological polar surface area (TPSA) is 101 Å². The largest absolute Gasteiger partial charge is 0.397 e. The molecule has 0 bridgehead atoms. The van der Waals surface area contributed by atoms with Crippen LogP contribution in [0.3, 0.4) is 0 Å². The molecule has 1 aromatic rings. The van der Waals surface area contributed by atoms with Crippen LogP contribution in [0.15, 0.2) is 23.1 Å². The summed E-state index contributed by atoms with van der Waals surface area (Å²) in [7, 11) is -3.76. The second-order valence-corrected chi connectivity index (χ2v) is 6.52. The van der Waals surface area contributed by atoms with Crippen LogP contribution in [-0.2, 0) is 14.8 Å². The number of rotatable bonds is 5. The van der Waals surface area contributed by atoms with Gasteiger partial charge in [0.15, 0.2) is 0 Å². The van der Waals surface area contributed by atoms with Gasteiger partial charge >= 0.3 is 0 Å². The lowest BCUT2D eigenvalue weighted by molar-refractivity contribution is -0.120. The molecule has 19 heavy (non-hydrogen) atoms. The van der Waals surface area contributed by atoms with Crippen LogP contribution in [0, 0.1) is 0 Å². The van der Waals surface area contributed by atoms with Gasteiger partial charge < -0.3 is 11.1 Å². The zero-order valence-corrected chi connectivity index (χ0v) is 11.6. The maximum atomic E-state index is 11.9. The Labute approximate surface area is 116 Å². The van der Waals surface area contributed by atoms with Crippen LogP contribution in [0.1, 0.15) is 12.8 Å². The fourth-order valence-electron chi connectivity index (χ4n) is 1.44. The molecule has 1 fully saturated rings. The second-order valence-electron chi connectivity index (χ2n) is 4.35. The van der Waals surface area contributed by atoms with Crippen LogP contribution >= 0.6 is 11.6 Å². The number of sulfonamides is 1. The SMILES string of the molecule is Nc1cc(S(=O)(=O)NCC(=O)NC2CC2)ccc1Cl. The van der Waals surface area contributed by atoms with E-state index in [4.69, 9.17) is 17.3 Å². The first-order chi connectivity index (χ1) is 8.88. The summed E-state index contributed by atoms with van der Waals surface area (Å²) in [5, 5.41) is 2.97. The van der Waals surface area contributed by atoms with Gasteiger partial charge in [0.25, 0.3) is 0 Å². The van der Waals surface area contributed by atoms with Gasteiger partial charge in [0, 0.05) is 6.04 Å². The molecule has 2 rings (SSSR count). The highest BCUT2D eigenvalue weighted by Gasteiger charge is 2.24. The predicted molar refractivity (Wildman–Crippen MR) is 72.2 cm³/mol. The number of hydrogen-bond donors (Lipinski definition) is 3. The Bertz CT molecular complexity index is 599. The van der Waals surface area contributed by atoms with Gasteiger partial charge in [-0.15, -0.1) is 0 Å². The van der Waals surface area contributed by atoms with E-state index in [2.05, 4.69) is 10.0 Å². The number of halogens is 1. The van der Waals surface area contributed by atoms with Gasteiger partial charge in [0.2, 0.25) is 15.9 Å². The zero-order valence-electron chi connectivity index (χ0n) is 10.0. The monoisotopic (exact) mass is 303 g/mol. The van der Waals surface area contributed by atoms with Crippen molar-refractivity contribution in [1.82, 2.24) is 10.0 Å². The number of amides is 1. The van der Waals surface area contributed by atoms with Crippen molar-refractivity contribution >= 4 is 33.2 Å². The molecule has 1 aliphatic rings. The summed E-state index contributed by atoms with van der Waals surface area (Å²) in [6, 6.07) is 4.18. The van der Waals surface area contributed by atoms with E-state index in [0.29, 0.717) is 0 Å². The summed E-state index contributed by atoms with van der Waals surface area (Å²) >= 11 is 5.72. The Morgan fingerprint density at radius 1 is 1.42 bits per heavy atom. The third-order valence-electron chi connectivity index (χ3n) is 2.64. The van der Waals surface area contributed by atoms with E-state index in [1.54, 1.807) is 0 Å². The second kappa shape index (κ2) is 5.36. The van der Waals surface area contributed by atoms with Crippen molar-refractivity contribution in [2.75, 3.05) is 12.3 Å². The molecule has 6 nitrogen and oxygen atoms in total. The van der Waals surface area contributed by atoms with Crippen LogP contribution in [0.2, 0.25) is 5.02 Å². The minimum atomic E-state index is -3.76. The van der Waals surface area contributed by atoms with Gasteiger partial charge in [-0.05, 0) is 31.0 Å². The maximum Gasteiger partial charge on any atom is 0.241 e. The molecule has 0 radical (unpaired) electrons. The summed E-state index contributed by atoms with van der Waals surface area (Å²) in [6.45, 7) is -0.290. The van der Waals surface area contributed by atoms with Gasteiger partial charge in [-0.25, -0.2) is 13.1 Å². The van der Waals surface area contributed by atoms with Gasteiger partial charge in [-0.3, -0.25) is 4.79 Å². The van der Waals surface area contributed by atoms with Crippen LogP contribution < -0.4 is 15.8 Å². The summed E-state index contributed by atoms with van der Waals surface area (Å²) in [4.78, 5) is 11.4. The molecule has 0 aliphatic heterocycles. The van der Waals surface area contributed by atoms with Crippen molar-refractivity contribution in [2.24, 2.45) is 0 Å². The first-order valence-electron chi connectivity index (χ1n) is 5.72. The molecule has 0 saturated heterocycles. The van der Waals surface area contributed by atoms with Gasteiger partial charge in [-0.1, -0.05) is 11.6 Å². The lowest BCUT2D eigenvalue weighted by Crippen LogP contribution is -2.37. The van der Waals surface area contributed by atoms with Crippen LogP contribution in [0.4, 0.5) is 5.69 Å². The van der Waals surface area contributed by atoms with Crippen molar-refractivity contribution in [2.45, 2.75) is 23.8 Å². The minimum Gasteiger partial charge on any atom is -0.397 e. The van der Waals surface area contributed by atoms with Crippen molar-refractivity contribution in [3.8, 4) is 0 Å². The number of benzene rings is 1. The Hall–Kier alpha value is -1.31.